The van der Waals surface area contributed by atoms with Gasteiger partial charge in [0.25, 0.3) is 5.91 Å². The summed E-state index contributed by atoms with van der Waals surface area (Å²) < 4.78 is 43.6. The van der Waals surface area contributed by atoms with Gasteiger partial charge in [0.05, 0.1) is 24.7 Å². The second-order valence-corrected chi connectivity index (χ2v) is 9.78. The van der Waals surface area contributed by atoms with Crippen LogP contribution in [0.4, 0.5) is 0 Å². The van der Waals surface area contributed by atoms with Crippen molar-refractivity contribution >= 4 is 15.9 Å². The monoisotopic (exact) mass is 476 g/mol. The number of benzene rings is 2. The highest BCUT2D eigenvalue weighted by Crippen LogP contribution is 2.23. The van der Waals surface area contributed by atoms with Gasteiger partial charge in [-0.15, -0.1) is 0 Å². The zero-order chi connectivity index (χ0) is 23.8. The molecular weight excluding hydrogens is 444 g/mol. The molecule has 0 aliphatic carbocycles. The van der Waals surface area contributed by atoms with Crippen LogP contribution in [0.15, 0.2) is 47.4 Å². The lowest BCUT2D eigenvalue weighted by molar-refractivity contribution is -0.128. The summed E-state index contributed by atoms with van der Waals surface area (Å²) in [5, 5.41) is 2.83. The zero-order valence-electron chi connectivity index (χ0n) is 19.4. The number of carbonyl (C=O) groups is 1. The van der Waals surface area contributed by atoms with Crippen LogP contribution in [-0.4, -0.2) is 64.2 Å². The van der Waals surface area contributed by atoms with E-state index in [4.69, 9.17) is 14.2 Å². The Morgan fingerprint density at radius 3 is 2.48 bits per heavy atom. The number of nitrogens with zero attached hydrogens (tertiary/aromatic N) is 1. The van der Waals surface area contributed by atoms with E-state index in [1.54, 1.807) is 12.1 Å². The molecule has 1 saturated heterocycles. The van der Waals surface area contributed by atoms with E-state index in [0.29, 0.717) is 50.8 Å². The highest BCUT2D eigenvalue weighted by atomic mass is 32.2. The molecule has 3 rings (SSSR count). The lowest BCUT2D eigenvalue weighted by atomic mass is 10.1. The van der Waals surface area contributed by atoms with E-state index < -0.39 is 16.1 Å². The fourth-order valence-electron chi connectivity index (χ4n) is 3.43. The van der Waals surface area contributed by atoms with E-state index >= 15 is 0 Å². The summed E-state index contributed by atoms with van der Waals surface area (Å²) >= 11 is 0. The molecule has 1 aliphatic heterocycles. The third kappa shape index (κ3) is 6.46. The number of rotatable bonds is 10. The number of ether oxygens (including phenoxy) is 3. The SMILES string of the molecule is CCC(Oc1cccc(C)c1C)C(=O)NCCOc1ccc(S(=O)(=O)N2CCOCC2)cc1. The molecule has 1 amide bonds. The first-order valence-electron chi connectivity index (χ1n) is 11.1. The maximum Gasteiger partial charge on any atom is 0.261 e. The highest BCUT2D eigenvalue weighted by Gasteiger charge is 2.26. The Bertz CT molecular complexity index is 1030. The van der Waals surface area contributed by atoms with Crippen LogP contribution in [0.1, 0.15) is 24.5 Å². The lowest BCUT2D eigenvalue weighted by Crippen LogP contribution is -2.40. The quantitative estimate of drug-likeness (QED) is 0.530. The summed E-state index contributed by atoms with van der Waals surface area (Å²) in [5.74, 6) is 1.04. The van der Waals surface area contributed by atoms with Crippen molar-refractivity contribution in [2.24, 2.45) is 0 Å². The van der Waals surface area contributed by atoms with Crippen LogP contribution in [0, 0.1) is 13.8 Å². The second-order valence-electron chi connectivity index (χ2n) is 7.84. The minimum atomic E-state index is -3.53. The average molecular weight is 477 g/mol. The van der Waals surface area contributed by atoms with Crippen molar-refractivity contribution in [3.8, 4) is 11.5 Å². The molecule has 1 heterocycles. The maximum atomic E-state index is 12.7. The molecule has 1 aliphatic rings. The van der Waals surface area contributed by atoms with Crippen molar-refractivity contribution in [1.82, 2.24) is 9.62 Å². The Morgan fingerprint density at radius 1 is 1.12 bits per heavy atom. The first-order valence-corrected chi connectivity index (χ1v) is 12.6. The first-order chi connectivity index (χ1) is 15.8. The van der Waals surface area contributed by atoms with E-state index in [1.807, 2.05) is 39.0 Å². The van der Waals surface area contributed by atoms with Crippen molar-refractivity contribution in [2.45, 2.75) is 38.2 Å². The van der Waals surface area contributed by atoms with Gasteiger partial charge in [-0.3, -0.25) is 4.79 Å². The van der Waals surface area contributed by atoms with E-state index in [9.17, 15) is 13.2 Å². The van der Waals surface area contributed by atoms with E-state index in [-0.39, 0.29) is 17.4 Å². The van der Waals surface area contributed by atoms with E-state index in [0.717, 1.165) is 11.1 Å². The average Bonchev–Trinajstić information content (AvgIpc) is 2.83. The molecule has 8 nitrogen and oxygen atoms in total. The third-order valence-electron chi connectivity index (χ3n) is 5.59. The molecular formula is C24H32N2O6S. The molecule has 2 aromatic rings. The maximum absolute atomic E-state index is 12.7. The van der Waals surface area contributed by atoms with Crippen molar-refractivity contribution in [3.63, 3.8) is 0 Å². The molecule has 1 unspecified atom stereocenters. The number of nitrogens with one attached hydrogen (secondary N) is 1. The van der Waals surface area contributed by atoms with Crippen molar-refractivity contribution < 1.29 is 27.4 Å². The van der Waals surface area contributed by atoms with Crippen LogP contribution in [0.3, 0.4) is 0 Å². The van der Waals surface area contributed by atoms with Gasteiger partial charge in [0, 0.05) is 13.1 Å². The minimum absolute atomic E-state index is 0.200. The topological polar surface area (TPSA) is 94.2 Å². The predicted octanol–water partition coefficient (Wildman–Crippen LogP) is 2.68. The number of hydrogen-bond donors (Lipinski definition) is 1. The van der Waals surface area contributed by atoms with Gasteiger partial charge in [-0.1, -0.05) is 19.1 Å². The van der Waals surface area contributed by atoms with Gasteiger partial charge in [-0.25, -0.2) is 8.42 Å². The minimum Gasteiger partial charge on any atom is -0.492 e. The van der Waals surface area contributed by atoms with Crippen molar-refractivity contribution in [1.29, 1.82) is 0 Å². The summed E-state index contributed by atoms with van der Waals surface area (Å²) in [7, 11) is -3.53. The van der Waals surface area contributed by atoms with Gasteiger partial charge >= 0.3 is 0 Å². The predicted molar refractivity (Wildman–Crippen MR) is 125 cm³/mol. The Morgan fingerprint density at radius 2 is 1.82 bits per heavy atom. The van der Waals surface area contributed by atoms with E-state index in [2.05, 4.69) is 5.32 Å². The number of carbonyl (C=O) groups excluding carboxylic acids is 1. The van der Waals surface area contributed by atoms with Crippen molar-refractivity contribution in [2.75, 3.05) is 39.5 Å². The fraction of sp³-hybridized carbons (Fsp3) is 0.458. The third-order valence-corrected chi connectivity index (χ3v) is 7.50. The molecule has 2 aromatic carbocycles. The lowest BCUT2D eigenvalue weighted by Gasteiger charge is -2.26. The van der Waals surface area contributed by atoms with Crippen molar-refractivity contribution in [3.05, 3.63) is 53.6 Å². The molecule has 0 spiro atoms. The molecule has 9 heteroatoms. The summed E-state index contributed by atoms with van der Waals surface area (Å²) in [6, 6.07) is 12.1. The molecule has 0 radical (unpaired) electrons. The summed E-state index contributed by atoms with van der Waals surface area (Å²) in [6.45, 7) is 7.95. The number of morpholine rings is 1. The number of hydrogen-bond acceptors (Lipinski definition) is 6. The van der Waals surface area contributed by atoms with Crippen LogP contribution in [0.5, 0.6) is 11.5 Å². The highest BCUT2D eigenvalue weighted by molar-refractivity contribution is 7.89. The Balaban J connectivity index is 1.47. The van der Waals surface area contributed by atoms with Gasteiger partial charge < -0.3 is 19.5 Å². The standard InChI is InChI=1S/C24H32N2O6S/c1-4-22(32-23-7-5-6-18(2)19(23)3)24(27)25-12-15-31-20-8-10-21(11-9-20)33(28,29)26-13-16-30-17-14-26/h5-11,22H,4,12-17H2,1-3H3,(H,25,27). The molecule has 0 bridgehead atoms. The fourth-order valence-corrected chi connectivity index (χ4v) is 4.84. The van der Waals surface area contributed by atoms with Gasteiger partial charge in [-0.2, -0.15) is 4.31 Å². The molecule has 1 atom stereocenters. The molecule has 1 fully saturated rings. The summed E-state index contributed by atoms with van der Waals surface area (Å²) in [5.41, 5.74) is 2.13. The number of amides is 1. The molecule has 33 heavy (non-hydrogen) atoms. The van der Waals surface area contributed by atoms with E-state index in [1.165, 1.54) is 16.4 Å². The van der Waals surface area contributed by atoms with Crippen LogP contribution in [-0.2, 0) is 19.6 Å². The Labute approximate surface area is 195 Å². The van der Waals surface area contributed by atoms with Gasteiger partial charge in [0.2, 0.25) is 10.0 Å². The van der Waals surface area contributed by atoms with Crippen LogP contribution in [0.2, 0.25) is 0 Å². The second kappa shape index (κ2) is 11.5. The largest absolute Gasteiger partial charge is 0.492 e. The Hall–Kier alpha value is -2.62. The molecule has 1 N–H and O–H groups in total. The first kappa shape index (κ1) is 25.0. The molecule has 180 valence electrons. The van der Waals surface area contributed by atoms with Gasteiger partial charge in [-0.05, 0) is 61.7 Å². The molecule has 0 aromatic heterocycles. The van der Waals surface area contributed by atoms with Crippen LogP contribution < -0.4 is 14.8 Å². The zero-order valence-corrected chi connectivity index (χ0v) is 20.2. The normalized spacial score (nSPS) is 15.6. The summed E-state index contributed by atoms with van der Waals surface area (Å²) in [6.07, 6.45) is -0.0470. The smallest absolute Gasteiger partial charge is 0.261 e. The number of aryl methyl sites for hydroxylation is 1. The Kier molecular flexibility index (Phi) is 8.71. The summed E-state index contributed by atoms with van der Waals surface area (Å²) in [4.78, 5) is 12.7. The molecule has 0 saturated carbocycles. The van der Waals surface area contributed by atoms with Gasteiger partial charge in [0.15, 0.2) is 6.10 Å². The number of sulfonamides is 1. The van der Waals surface area contributed by atoms with Crippen LogP contribution in [0.25, 0.3) is 0 Å². The van der Waals surface area contributed by atoms with Gasteiger partial charge in [0.1, 0.15) is 18.1 Å². The van der Waals surface area contributed by atoms with Crippen LogP contribution >= 0.6 is 0 Å².